The van der Waals surface area contributed by atoms with E-state index in [1.165, 1.54) is 23.9 Å². The average molecular weight is 331 g/mol. The quantitative estimate of drug-likeness (QED) is 0.646. The van der Waals surface area contributed by atoms with Crippen LogP contribution in [0.2, 0.25) is 0 Å². The van der Waals surface area contributed by atoms with Crippen LogP contribution in [0.4, 0.5) is 5.69 Å². The molecule has 0 bridgehead atoms. The second-order valence-electron chi connectivity index (χ2n) is 5.10. The zero-order valence-corrected chi connectivity index (χ0v) is 13.9. The monoisotopic (exact) mass is 331 g/mol. The van der Waals surface area contributed by atoms with Crippen molar-refractivity contribution in [2.24, 2.45) is 0 Å². The van der Waals surface area contributed by atoms with E-state index >= 15 is 0 Å². The molecule has 0 aliphatic heterocycles. The van der Waals surface area contributed by atoms with Gasteiger partial charge in [-0.15, -0.1) is 0 Å². The maximum absolute atomic E-state index is 12.1. The summed E-state index contributed by atoms with van der Waals surface area (Å²) in [7, 11) is 0. The number of hydrogen-bond donors (Lipinski definition) is 2. The van der Waals surface area contributed by atoms with Crippen LogP contribution in [0.15, 0.2) is 29.4 Å². The van der Waals surface area contributed by atoms with Crippen molar-refractivity contribution >= 4 is 29.3 Å². The number of carbonyl (C=O) groups excluding carboxylic acids is 1. The number of hydrogen-bond acceptors (Lipinski definition) is 5. The van der Waals surface area contributed by atoms with Crippen molar-refractivity contribution in [2.75, 3.05) is 11.1 Å². The summed E-state index contributed by atoms with van der Waals surface area (Å²) in [5.74, 6) is -1.11. The average Bonchev–Trinajstić information content (AvgIpc) is 2.46. The van der Waals surface area contributed by atoms with Crippen LogP contribution in [-0.4, -0.2) is 32.7 Å². The molecule has 0 atom stereocenters. The Bertz CT molecular complexity index is 742. The van der Waals surface area contributed by atoms with E-state index in [-0.39, 0.29) is 17.2 Å². The number of nitrogens with zero attached hydrogens (tertiary/aromatic N) is 2. The van der Waals surface area contributed by atoms with Crippen molar-refractivity contribution in [3.05, 3.63) is 46.8 Å². The fourth-order valence-corrected chi connectivity index (χ4v) is 2.71. The van der Waals surface area contributed by atoms with E-state index in [9.17, 15) is 9.59 Å². The number of aromatic nitrogens is 2. The molecule has 2 rings (SSSR count). The van der Waals surface area contributed by atoms with Crippen LogP contribution in [0.1, 0.15) is 27.3 Å². The normalized spacial score (nSPS) is 10.4. The standard InChI is InChI=1S/C16H17N3O3S/c1-9-4-5-12(15(21)22)7-13(9)19-14(20)8-23-16-17-10(2)6-11(3)18-16/h4-7H,8H2,1-3H3,(H,19,20)(H,21,22). The number of anilines is 1. The molecular formula is C16H17N3O3S. The van der Waals surface area contributed by atoms with Gasteiger partial charge in [-0.2, -0.15) is 0 Å². The Morgan fingerprint density at radius 1 is 1.13 bits per heavy atom. The van der Waals surface area contributed by atoms with E-state index in [1.807, 2.05) is 19.9 Å². The Labute approximate surface area is 138 Å². The number of benzene rings is 1. The van der Waals surface area contributed by atoms with E-state index in [0.717, 1.165) is 17.0 Å². The highest BCUT2D eigenvalue weighted by molar-refractivity contribution is 7.99. The minimum absolute atomic E-state index is 0.135. The summed E-state index contributed by atoms with van der Waals surface area (Å²) in [6.07, 6.45) is 0. The molecule has 1 amide bonds. The van der Waals surface area contributed by atoms with Crippen LogP contribution >= 0.6 is 11.8 Å². The summed E-state index contributed by atoms with van der Waals surface area (Å²) in [5.41, 5.74) is 3.14. The van der Waals surface area contributed by atoms with Gasteiger partial charge < -0.3 is 10.4 Å². The number of thioether (sulfide) groups is 1. The molecule has 120 valence electrons. The lowest BCUT2D eigenvalue weighted by Crippen LogP contribution is -2.15. The zero-order chi connectivity index (χ0) is 17.0. The molecule has 1 aromatic carbocycles. The number of carboxylic acids is 1. The molecule has 0 fully saturated rings. The molecule has 0 saturated heterocycles. The van der Waals surface area contributed by atoms with Crippen molar-refractivity contribution in [1.82, 2.24) is 9.97 Å². The third-order valence-electron chi connectivity index (χ3n) is 3.05. The highest BCUT2D eigenvalue weighted by Gasteiger charge is 2.10. The molecule has 0 unspecified atom stereocenters. The minimum Gasteiger partial charge on any atom is -0.478 e. The van der Waals surface area contributed by atoms with E-state index in [1.54, 1.807) is 13.0 Å². The number of aryl methyl sites for hydroxylation is 3. The molecule has 2 N–H and O–H groups in total. The van der Waals surface area contributed by atoms with Gasteiger partial charge in [-0.25, -0.2) is 14.8 Å². The Hall–Kier alpha value is -2.41. The summed E-state index contributed by atoms with van der Waals surface area (Å²) < 4.78 is 0. The molecule has 0 aliphatic rings. The molecule has 0 spiro atoms. The third kappa shape index (κ3) is 4.79. The molecule has 1 heterocycles. The fraction of sp³-hybridized carbons (Fsp3) is 0.250. The summed E-state index contributed by atoms with van der Waals surface area (Å²) >= 11 is 1.24. The van der Waals surface area contributed by atoms with Gasteiger partial charge >= 0.3 is 5.97 Å². The molecule has 6 nitrogen and oxygen atoms in total. The lowest BCUT2D eigenvalue weighted by molar-refractivity contribution is -0.113. The first-order valence-corrected chi connectivity index (χ1v) is 7.92. The SMILES string of the molecule is Cc1cc(C)nc(SCC(=O)Nc2cc(C(=O)O)ccc2C)n1. The molecular weight excluding hydrogens is 314 g/mol. The van der Waals surface area contributed by atoms with Gasteiger partial charge in [-0.1, -0.05) is 17.8 Å². The number of carboxylic acid groups (broad SMARTS) is 1. The molecule has 0 aliphatic carbocycles. The first kappa shape index (κ1) is 17.0. The third-order valence-corrected chi connectivity index (χ3v) is 3.90. The molecule has 1 aromatic heterocycles. The van der Waals surface area contributed by atoms with Gasteiger partial charge in [0.05, 0.1) is 11.3 Å². The van der Waals surface area contributed by atoms with Crippen molar-refractivity contribution in [2.45, 2.75) is 25.9 Å². The smallest absolute Gasteiger partial charge is 0.335 e. The first-order valence-electron chi connectivity index (χ1n) is 6.94. The summed E-state index contributed by atoms with van der Waals surface area (Å²) in [6.45, 7) is 5.56. The topological polar surface area (TPSA) is 92.2 Å². The first-order chi connectivity index (χ1) is 10.8. The molecule has 0 radical (unpaired) electrons. The maximum atomic E-state index is 12.1. The lowest BCUT2D eigenvalue weighted by Gasteiger charge is -2.09. The minimum atomic E-state index is -1.03. The highest BCUT2D eigenvalue weighted by Crippen LogP contribution is 2.19. The number of carbonyl (C=O) groups is 2. The lowest BCUT2D eigenvalue weighted by atomic mass is 10.1. The predicted octanol–water partition coefficient (Wildman–Crippen LogP) is 2.83. The second kappa shape index (κ2) is 7.23. The number of rotatable bonds is 5. The van der Waals surface area contributed by atoms with Crippen LogP contribution in [0.3, 0.4) is 0 Å². The Morgan fingerprint density at radius 2 is 1.78 bits per heavy atom. The van der Waals surface area contributed by atoms with Gasteiger partial charge in [0, 0.05) is 17.1 Å². The maximum Gasteiger partial charge on any atom is 0.335 e. The van der Waals surface area contributed by atoms with Crippen molar-refractivity contribution < 1.29 is 14.7 Å². The molecule has 0 saturated carbocycles. The van der Waals surface area contributed by atoms with E-state index < -0.39 is 5.97 Å². The molecule has 23 heavy (non-hydrogen) atoms. The second-order valence-corrected chi connectivity index (χ2v) is 6.05. The highest BCUT2D eigenvalue weighted by atomic mass is 32.2. The van der Waals surface area contributed by atoms with Crippen LogP contribution in [0, 0.1) is 20.8 Å². The number of nitrogens with one attached hydrogen (secondary N) is 1. The summed E-state index contributed by atoms with van der Waals surface area (Å²) in [4.78, 5) is 31.6. The van der Waals surface area contributed by atoms with Gasteiger partial charge in [-0.05, 0) is 44.5 Å². The Kier molecular flexibility index (Phi) is 5.33. The molecule has 2 aromatic rings. The number of aromatic carboxylic acids is 1. The van der Waals surface area contributed by atoms with Crippen LogP contribution in [-0.2, 0) is 4.79 Å². The van der Waals surface area contributed by atoms with Crippen molar-refractivity contribution in [3.8, 4) is 0 Å². The van der Waals surface area contributed by atoms with Crippen molar-refractivity contribution in [1.29, 1.82) is 0 Å². The van der Waals surface area contributed by atoms with Crippen LogP contribution < -0.4 is 5.32 Å². The van der Waals surface area contributed by atoms with Gasteiger partial charge in [0.15, 0.2) is 5.16 Å². The van der Waals surface area contributed by atoms with E-state index in [2.05, 4.69) is 15.3 Å². The Morgan fingerprint density at radius 3 is 2.39 bits per heavy atom. The van der Waals surface area contributed by atoms with Gasteiger partial charge in [0.1, 0.15) is 0 Å². The van der Waals surface area contributed by atoms with Crippen LogP contribution in [0.25, 0.3) is 0 Å². The predicted molar refractivity (Wildman–Crippen MR) is 89.0 cm³/mol. The summed E-state index contributed by atoms with van der Waals surface area (Å²) in [6, 6.07) is 6.49. The van der Waals surface area contributed by atoms with Gasteiger partial charge in [-0.3, -0.25) is 4.79 Å². The summed E-state index contributed by atoms with van der Waals surface area (Å²) in [5, 5.41) is 12.3. The fourth-order valence-electron chi connectivity index (χ4n) is 1.96. The van der Waals surface area contributed by atoms with Gasteiger partial charge in [0.25, 0.3) is 0 Å². The van der Waals surface area contributed by atoms with Gasteiger partial charge in [0.2, 0.25) is 5.91 Å². The molecule has 7 heteroatoms. The van der Waals surface area contributed by atoms with E-state index in [0.29, 0.717) is 10.8 Å². The van der Waals surface area contributed by atoms with E-state index in [4.69, 9.17) is 5.11 Å². The van der Waals surface area contributed by atoms with Crippen LogP contribution in [0.5, 0.6) is 0 Å². The number of amides is 1. The van der Waals surface area contributed by atoms with Crippen molar-refractivity contribution in [3.63, 3.8) is 0 Å². The largest absolute Gasteiger partial charge is 0.478 e. The Balaban J connectivity index is 2.02. The zero-order valence-electron chi connectivity index (χ0n) is 13.1.